The molecule has 2 aromatic carbocycles. The minimum absolute atomic E-state index is 0.287. The molecular weight excluding hydrogens is 301 g/mol. The lowest BCUT2D eigenvalue weighted by Crippen LogP contribution is -2.07. The highest BCUT2D eigenvalue weighted by Crippen LogP contribution is 2.38. The number of aromatic nitrogens is 1. The molecule has 1 aliphatic heterocycles. The lowest BCUT2D eigenvalue weighted by Gasteiger charge is -2.14. The molecule has 0 radical (unpaired) electrons. The lowest BCUT2D eigenvalue weighted by atomic mass is 9.92. The summed E-state index contributed by atoms with van der Waals surface area (Å²) in [4.78, 5) is 8.41. The first-order chi connectivity index (χ1) is 11.0. The predicted molar refractivity (Wildman–Crippen MR) is 83.5 cm³/mol. The van der Waals surface area contributed by atoms with Crippen LogP contribution in [0.1, 0.15) is 16.7 Å². The molecule has 2 nitrogen and oxygen atoms in total. The zero-order valence-corrected chi connectivity index (χ0v) is 11.9. The van der Waals surface area contributed by atoms with Crippen LogP contribution >= 0.6 is 0 Å². The summed E-state index contributed by atoms with van der Waals surface area (Å²) in [5.41, 5.74) is 2.77. The number of nitrogens with zero attached hydrogens (tertiary/aromatic N) is 2. The number of aliphatic imine (C=N–C) groups is 1. The van der Waals surface area contributed by atoms with Crippen molar-refractivity contribution >= 4 is 17.1 Å². The predicted octanol–water partition coefficient (Wildman–Crippen LogP) is 4.85. The van der Waals surface area contributed by atoms with Crippen LogP contribution < -0.4 is 0 Å². The second kappa shape index (κ2) is 4.91. The average molecular weight is 312 g/mol. The van der Waals surface area contributed by atoms with Gasteiger partial charge in [0.1, 0.15) is 0 Å². The first-order valence-corrected chi connectivity index (χ1v) is 7.12. The Morgan fingerprint density at radius 2 is 1.78 bits per heavy atom. The van der Waals surface area contributed by atoms with Gasteiger partial charge in [-0.2, -0.15) is 13.2 Å². The third kappa shape index (κ3) is 2.29. The SMILES string of the molecule is FC(F)(F)c1cc2c(c(-c3ccnc4ccccc34)c1)C=NC2. The van der Waals surface area contributed by atoms with Crippen LogP contribution in [0, 0.1) is 0 Å². The van der Waals surface area contributed by atoms with Crippen LogP contribution in [0.25, 0.3) is 22.0 Å². The Labute approximate surface area is 130 Å². The Kier molecular flexibility index (Phi) is 2.98. The smallest absolute Gasteiger partial charge is 0.288 e. The maximum absolute atomic E-state index is 13.2. The molecule has 0 aliphatic carbocycles. The van der Waals surface area contributed by atoms with E-state index >= 15 is 0 Å². The zero-order valence-electron chi connectivity index (χ0n) is 11.9. The molecule has 2 heterocycles. The Morgan fingerprint density at radius 1 is 0.957 bits per heavy atom. The number of fused-ring (bicyclic) bond motifs is 2. The van der Waals surface area contributed by atoms with Crippen molar-refractivity contribution in [1.29, 1.82) is 0 Å². The number of rotatable bonds is 1. The molecule has 23 heavy (non-hydrogen) atoms. The summed E-state index contributed by atoms with van der Waals surface area (Å²) in [6, 6.07) is 11.6. The monoisotopic (exact) mass is 312 g/mol. The summed E-state index contributed by atoms with van der Waals surface area (Å²) in [5.74, 6) is 0. The number of hydrogen-bond acceptors (Lipinski definition) is 2. The van der Waals surface area contributed by atoms with Crippen molar-refractivity contribution < 1.29 is 13.2 Å². The molecule has 0 N–H and O–H groups in total. The molecule has 0 bridgehead atoms. The normalized spacial score (nSPS) is 13.5. The molecule has 0 atom stereocenters. The molecule has 5 heteroatoms. The van der Waals surface area contributed by atoms with Crippen molar-refractivity contribution in [3.05, 3.63) is 65.4 Å². The van der Waals surface area contributed by atoms with E-state index in [-0.39, 0.29) is 6.54 Å². The van der Waals surface area contributed by atoms with Gasteiger partial charge in [-0.05, 0) is 41.0 Å². The molecule has 0 fully saturated rings. The van der Waals surface area contributed by atoms with Crippen LogP contribution in [-0.4, -0.2) is 11.2 Å². The highest BCUT2D eigenvalue weighted by atomic mass is 19.4. The summed E-state index contributed by atoms with van der Waals surface area (Å²) in [6.07, 6.45) is -1.11. The molecule has 1 aromatic heterocycles. The van der Waals surface area contributed by atoms with Gasteiger partial charge in [0.2, 0.25) is 0 Å². The van der Waals surface area contributed by atoms with Crippen LogP contribution in [0.5, 0.6) is 0 Å². The van der Waals surface area contributed by atoms with Crippen molar-refractivity contribution in [1.82, 2.24) is 4.98 Å². The van der Waals surface area contributed by atoms with E-state index in [1.807, 2.05) is 24.3 Å². The van der Waals surface area contributed by atoms with Gasteiger partial charge in [-0.1, -0.05) is 18.2 Å². The molecule has 0 unspecified atom stereocenters. The van der Waals surface area contributed by atoms with Gasteiger partial charge in [0.25, 0.3) is 0 Å². The van der Waals surface area contributed by atoms with Crippen LogP contribution in [-0.2, 0) is 12.7 Å². The van der Waals surface area contributed by atoms with E-state index in [1.165, 1.54) is 12.1 Å². The molecule has 0 saturated heterocycles. The summed E-state index contributed by atoms with van der Waals surface area (Å²) < 4.78 is 39.6. The van der Waals surface area contributed by atoms with E-state index in [0.29, 0.717) is 11.1 Å². The molecule has 0 amide bonds. The lowest BCUT2D eigenvalue weighted by molar-refractivity contribution is -0.137. The molecule has 3 aromatic rings. The van der Waals surface area contributed by atoms with Crippen molar-refractivity contribution in [3.63, 3.8) is 0 Å². The Balaban J connectivity index is 2.05. The first-order valence-electron chi connectivity index (χ1n) is 7.12. The Morgan fingerprint density at radius 3 is 2.61 bits per heavy atom. The van der Waals surface area contributed by atoms with Crippen LogP contribution in [0.2, 0.25) is 0 Å². The molecule has 1 aliphatic rings. The number of benzene rings is 2. The van der Waals surface area contributed by atoms with Crippen molar-refractivity contribution in [2.45, 2.75) is 12.7 Å². The molecule has 0 spiro atoms. The number of hydrogen-bond donors (Lipinski definition) is 0. The van der Waals surface area contributed by atoms with Crippen molar-refractivity contribution in [2.24, 2.45) is 4.99 Å². The van der Waals surface area contributed by atoms with Crippen LogP contribution in [0.3, 0.4) is 0 Å². The second-order valence-corrected chi connectivity index (χ2v) is 5.44. The number of para-hydroxylation sites is 1. The summed E-state index contributed by atoms with van der Waals surface area (Å²) in [7, 11) is 0. The van der Waals surface area contributed by atoms with Gasteiger partial charge in [-0.25, -0.2) is 0 Å². The molecule has 114 valence electrons. The zero-order chi connectivity index (χ0) is 16.0. The minimum Gasteiger partial charge on any atom is -0.288 e. The quantitative estimate of drug-likeness (QED) is 0.630. The van der Waals surface area contributed by atoms with Crippen LogP contribution in [0.4, 0.5) is 13.2 Å². The number of pyridine rings is 1. The molecule has 4 rings (SSSR count). The highest BCUT2D eigenvalue weighted by molar-refractivity contribution is 6.02. The maximum Gasteiger partial charge on any atom is 0.416 e. The highest BCUT2D eigenvalue weighted by Gasteiger charge is 2.32. The van der Waals surface area contributed by atoms with Gasteiger partial charge in [0.05, 0.1) is 17.6 Å². The average Bonchev–Trinajstić information content (AvgIpc) is 3.01. The van der Waals surface area contributed by atoms with E-state index in [4.69, 9.17) is 0 Å². The maximum atomic E-state index is 13.2. The Bertz CT molecular complexity index is 937. The van der Waals surface area contributed by atoms with E-state index in [0.717, 1.165) is 22.0 Å². The molecular formula is C18H11F3N2. The van der Waals surface area contributed by atoms with Gasteiger partial charge >= 0.3 is 6.18 Å². The third-order valence-corrected chi connectivity index (χ3v) is 4.01. The standard InChI is InChI=1S/C18H11F3N2/c19-18(20,21)12-7-11-9-22-10-16(11)15(8-12)13-5-6-23-17-4-2-1-3-14(13)17/h1-8,10H,9H2. The summed E-state index contributed by atoms with van der Waals surface area (Å²) >= 11 is 0. The fourth-order valence-corrected chi connectivity index (χ4v) is 2.95. The van der Waals surface area contributed by atoms with E-state index < -0.39 is 11.7 Å². The number of alkyl halides is 3. The van der Waals surface area contributed by atoms with Crippen molar-refractivity contribution in [3.8, 4) is 11.1 Å². The fraction of sp³-hybridized carbons (Fsp3) is 0.111. The van der Waals surface area contributed by atoms with Gasteiger partial charge in [0, 0.05) is 23.4 Å². The van der Waals surface area contributed by atoms with Crippen LogP contribution in [0.15, 0.2) is 53.7 Å². The molecule has 0 saturated carbocycles. The first kappa shape index (κ1) is 13.9. The fourth-order valence-electron chi connectivity index (χ4n) is 2.95. The van der Waals surface area contributed by atoms with Gasteiger partial charge < -0.3 is 0 Å². The van der Waals surface area contributed by atoms with E-state index in [2.05, 4.69) is 9.98 Å². The van der Waals surface area contributed by atoms with Gasteiger partial charge in [-0.3, -0.25) is 9.98 Å². The van der Waals surface area contributed by atoms with Gasteiger partial charge in [0.15, 0.2) is 0 Å². The third-order valence-electron chi connectivity index (χ3n) is 4.01. The summed E-state index contributed by atoms with van der Waals surface area (Å²) in [6.45, 7) is 0.287. The Hall–Kier alpha value is -2.69. The minimum atomic E-state index is -4.38. The van der Waals surface area contributed by atoms with Gasteiger partial charge in [-0.15, -0.1) is 0 Å². The topological polar surface area (TPSA) is 25.2 Å². The van der Waals surface area contributed by atoms with E-state index in [9.17, 15) is 13.2 Å². The second-order valence-electron chi connectivity index (χ2n) is 5.44. The van der Waals surface area contributed by atoms with Crippen molar-refractivity contribution in [2.75, 3.05) is 0 Å². The largest absolute Gasteiger partial charge is 0.416 e. The van der Waals surface area contributed by atoms with E-state index in [1.54, 1.807) is 18.5 Å². The summed E-state index contributed by atoms with van der Waals surface area (Å²) in [5, 5.41) is 0.830. The number of halogens is 3.